The van der Waals surface area contributed by atoms with Gasteiger partial charge in [-0.15, -0.1) is 0 Å². The second-order valence-electron chi connectivity index (χ2n) is 10.0. The second kappa shape index (κ2) is 10.9. The van der Waals surface area contributed by atoms with Gasteiger partial charge in [0, 0.05) is 30.6 Å². The molecule has 0 bridgehead atoms. The van der Waals surface area contributed by atoms with Crippen LogP contribution in [0.25, 0.3) is 0 Å². The van der Waals surface area contributed by atoms with Crippen LogP contribution in [-0.2, 0) is 34.0 Å². The number of piperidine rings is 2. The molecule has 2 fully saturated rings. The van der Waals surface area contributed by atoms with Crippen LogP contribution in [0.2, 0.25) is 0 Å². The highest BCUT2D eigenvalue weighted by Gasteiger charge is 2.40. The molecule has 0 aromatic heterocycles. The van der Waals surface area contributed by atoms with Gasteiger partial charge >= 0.3 is 5.97 Å². The van der Waals surface area contributed by atoms with Gasteiger partial charge in [0.15, 0.2) is 0 Å². The molecule has 3 aliphatic rings. The third kappa shape index (κ3) is 5.47. The highest BCUT2D eigenvalue weighted by atomic mass is 16.5. The second-order valence-corrected chi connectivity index (χ2v) is 10.0. The van der Waals surface area contributed by atoms with Gasteiger partial charge in [-0.05, 0) is 49.1 Å². The number of hydrogen-bond acceptors (Lipinski definition) is 7. The number of aliphatic hydroxyl groups is 1. The Kier molecular flexibility index (Phi) is 7.43. The van der Waals surface area contributed by atoms with Crippen molar-refractivity contribution in [2.24, 2.45) is 5.92 Å². The maximum Gasteiger partial charge on any atom is 0.309 e. The lowest BCUT2D eigenvalue weighted by molar-refractivity contribution is -0.147. The number of amides is 2. The minimum atomic E-state index is -1.07. The van der Waals surface area contributed by atoms with Crippen molar-refractivity contribution in [1.29, 1.82) is 0 Å². The van der Waals surface area contributed by atoms with Crippen LogP contribution < -0.4 is 10.1 Å². The molecule has 9 heteroatoms. The zero-order valence-electron chi connectivity index (χ0n) is 21.0. The average Bonchev–Trinajstić information content (AvgIpc) is 3.24. The molecule has 37 heavy (non-hydrogen) atoms. The minimum Gasteiger partial charge on any atom is -0.489 e. The Bertz CT molecular complexity index is 1170. The van der Waals surface area contributed by atoms with Gasteiger partial charge in [-0.2, -0.15) is 0 Å². The molecule has 0 saturated carbocycles. The van der Waals surface area contributed by atoms with E-state index in [0.717, 1.165) is 43.6 Å². The van der Waals surface area contributed by atoms with Crippen LogP contribution in [0, 0.1) is 5.92 Å². The van der Waals surface area contributed by atoms with Crippen LogP contribution >= 0.6 is 0 Å². The van der Waals surface area contributed by atoms with Crippen molar-refractivity contribution in [3.63, 3.8) is 0 Å². The zero-order valence-corrected chi connectivity index (χ0v) is 21.0. The molecular weight excluding hydrogens is 474 g/mol. The Hall–Kier alpha value is -3.43. The van der Waals surface area contributed by atoms with Crippen molar-refractivity contribution >= 4 is 17.8 Å². The number of carbonyl (C=O) groups excluding carboxylic acids is 3. The van der Waals surface area contributed by atoms with E-state index in [-0.39, 0.29) is 30.1 Å². The van der Waals surface area contributed by atoms with Gasteiger partial charge in [0.05, 0.1) is 25.6 Å². The van der Waals surface area contributed by atoms with Gasteiger partial charge < -0.3 is 24.8 Å². The Labute approximate surface area is 216 Å². The van der Waals surface area contributed by atoms with Crippen LogP contribution in [0.15, 0.2) is 42.5 Å². The Morgan fingerprint density at radius 3 is 2.65 bits per heavy atom. The first kappa shape index (κ1) is 25.2. The smallest absolute Gasteiger partial charge is 0.309 e. The molecule has 196 valence electrons. The molecule has 2 N–H and O–H groups in total. The molecule has 5 rings (SSSR count). The highest BCUT2D eigenvalue weighted by molar-refractivity contribution is 5.99. The molecule has 0 aliphatic carbocycles. The molecule has 2 amide bonds. The summed E-state index contributed by atoms with van der Waals surface area (Å²) in [6.07, 6.45) is 1.50. The van der Waals surface area contributed by atoms with Crippen LogP contribution in [-0.4, -0.2) is 65.2 Å². The van der Waals surface area contributed by atoms with Crippen molar-refractivity contribution in [3.05, 3.63) is 64.7 Å². The van der Waals surface area contributed by atoms with Crippen LogP contribution in [0.3, 0.4) is 0 Å². The van der Waals surface area contributed by atoms with Crippen LogP contribution in [0.1, 0.15) is 52.7 Å². The molecule has 0 spiro atoms. The number of ether oxygens (including phenoxy) is 2. The summed E-state index contributed by atoms with van der Waals surface area (Å²) in [6.45, 7) is 3.17. The quantitative estimate of drug-likeness (QED) is 0.553. The lowest BCUT2D eigenvalue weighted by Gasteiger charge is -2.35. The predicted molar refractivity (Wildman–Crippen MR) is 134 cm³/mol. The fraction of sp³-hybridized carbons (Fsp3) is 0.464. The van der Waals surface area contributed by atoms with E-state index in [9.17, 15) is 19.5 Å². The molecule has 2 aromatic rings. The van der Waals surface area contributed by atoms with Gasteiger partial charge in [0.25, 0.3) is 5.91 Å². The monoisotopic (exact) mass is 507 g/mol. The summed E-state index contributed by atoms with van der Waals surface area (Å²) in [7, 11) is 1.45. The lowest BCUT2D eigenvalue weighted by Crippen LogP contribution is -2.55. The molecule has 3 aliphatic heterocycles. The number of nitrogens with zero attached hydrogens (tertiary/aromatic N) is 2. The third-order valence-corrected chi connectivity index (χ3v) is 7.56. The number of nitrogens with one attached hydrogen (secondary N) is 1. The maximum absolute atomic E-state index is 13.0. The summed E-state index contributed by atoms with van der Waals surface area (Å²) >= 11 is 0. The van der Waals surface area contributed by atoms with E-state index < -0.39 is 12.3 Å². The number of hydrogen-bond donors (Lipinski definition) is 2. The zero-order chi connectivity index (χ0) is 25.9. The molecule has 3 heterocycles. The summed E-state index contributed by atoms with van der Waals surface area (Å²) in [6, 6.07) is 13.2. The predicted octanol–water partition coefficient (Wildman–Crippen LogP) is 2.20. The summed E-state index contributed by atoms with van der Waals surface area (Å²) in [5, 5.41) is 12.8. The number of esters is 1. The maximum atomic E-state index is 13.0. The van der Waals surface area contributed by atoms with Crippen molar-refractivity contribution < 1.29 is 29.0 Å². The van der Waals surface area contributed by atoms with Crippen LogP contribution in [0.5, 0.6) is 5.75 Å². The first-order chi connectivity index (χ1) is 17.9. The number of likely N-dealkylation sites (tertiary alicyclic amines) is 1. The van der Waals surface area contributed by atoms with Gasteiger partial charge in [-0.3, -0.25) is 19.3 Å². The fourth-order valence-electron chi connectivity index (χ4n) is 5.54. The number of aliphatic hydroxyl groups excluding tert-OH is 1. The minimum absolute atomic E-state index is 0.0537. The van der Waals surface area contributed by atoms with Crippen molar-refractivity contribution in [3.8, 4) is 5.75 Å². The average molecular weight is 508 g/mol. The SMILES string of the molecule is COC(=O)C1CCCN(Cc2ccc(COc3cccc4c3CN(C3CCC(=O)NC3O)C4=O)cc2)C1. The third-order valence-electron chi connectivity index (χ3n) is 7.56. The molecule has 3 unspecified atom stereocenters. The van der Waals surface area contributed by atoms with E-state index in [1.165, 1.54) is 12.7 Å². The summed E-state index contributed by atoms with van der Waals surface area (Å²) in [4.78, 5) is 40.4. The summed E-state index contributed by atoms with van der Waals surface area (Å²) in [5.41, 5.74) is 3.57. The number of carbonyl (C=O) groups is 3. The van der Waals surface area contributed by atoms with Crippen molar-refractivity contribution in [2.45, 2.75) is 57.6 Å². The Morgan fingerprint density at radius 2 is 1.89 bits per heavy atom. The number of rotatable bonds is 7. The number of benzene rings is 2. The van der Waals surface area contributed by atoms with E-state index >= 15 is 0 Å². The molecule has 9 nitrogen and oxygen atoms in total. The normalized spacial score (nSPS) is 23.9. The van der Waals surface area contributed by atoms with Crippen LogP contribution in [0.4, 0.5) is 0 Å². The van der Waals surface area contributed by atoms with E-state index in [0.29, 0.717) is 30.9 Å². The van der Waals surface area contributed by atoms with E-state index in [2.05, 4.69) is 22.3 Å². The van der Waals surface area contributed by atoms with E-state index in [4.69, 9.17) is 9.47 Å². The van der Waals surface area contributed by atoms with Gasteiger partial charge in [0.1, 0.15) is 18.6 Å². The largest absolute Gasteiger partial charge is 0.489 e. The van der Waals surface area contributed by atoms with Gasteiger partial charge in [0.2, 0.25) is 5.91 Å². The van der Waals surface area contributed by atoms with Gasteiger partial charge in [-0.25, -0.2) is 0 Å². The molecule has 2 aromatic carbocycles. The highest BCUT2D eigenvalue weighted by Crippen LogP contribution is 2.34. The first-order valence-electron chi connectivity index (χ1n) is 12.8. The van der Waals surface area contributed by atoms with Gasteiger partial charge in [-0.1, -0.05) is 30.3 Å². The molecular formula is C28H33N3O6. The standard InChI is InChI=1S/C28H33N3O6/c1-36-28(35)20-4-3-13-30(15-20)14-18-7-9-19(10-8-18)17-37-24-6-2-5-21-22(24)16-31(27(21)34)23-11-12-25(32)29-26(23)33/h2,5-10,20,23,26,33H,3-4,11-17H2,1H3,(H,29,32). The topological polar surface area (TPSA) is 108 Å². The van der Waals surface area contributed by atoms with E-state index in [1.807, 2.05) is 18.2 Å². The van der Waals surface area contributed by atoms with Crippen molar-refractivity contribution in [2.75, 3.05) is 20.2 Å². The Balaban J connectivity index is 1.19. The van der Waals surface area contributed by atoms with E-state index in [1.54, 1.807) is 17.0 Å². The Morgan fingerprint density at radius 1 is 1.11 bits per heavy atom. The first-order valence-corrected chi connectivity index (χ1v) is 12.8. The lowest BCUT2D eigenvalue weighted by atomic mass is 9.97. The number of fused-ring (bicyclic) bond motifs is 1. The summed E-state index contributed by atoms with van der Waals surface area (Å²) in [5.74, 6) is 0.105. The molecule has 0 radical (unpaired) electrons. The fourth-order valence-corrected chi connectivity index (χ4v) is 5.54. The molecule has 2 saturated heterocycles. The van der Waals surface area contributed by atoms with Crippen molar-refractivity contribution in [1.82, 2.24) is 15.1 Å². The summed E-state index contributed by atoms with van der Waals surface area (Å²) < 4.78 is 11.1. The molecule has 3 atom stereocenters. The number of methoxy groups -OCH3 is 1.